The highest BCUT2D eigenvalue weighted by atomic mass is 16.2. The van der Waals surface area contributed by atoms with Gasteiger partial charge in [-0.2, -0.15) is 0 Å². The van der Waals surface area contributed by atoms with E-state index in [9.17, 15) is 9.59 Å². The molecule has 6 heteroatoms. The normalized spacial score (nSPS) is 11.7. The van der Waals surface area contributed by atoms with Gasteiger partial charge in [-0.3, -0.25) is 9.59 Å². The molecule has 1 unspecified atom stereocenters. The highest BCUT2D eigenvalue weighted by Crippen LogP contribution is 2.26. The Morgan fingerprint density at radius 3 is 2.50 bits per heavy atom. The summed E-state index contributed by atoms with van der Waals surface area (Å²) in [6.07, 6.45) is 3.93. The third-order valence-corrected chi connectivity index (χ3v) is 3.79. The number of unbranched alkanes of at least 4 members (excludes halogenated alkanes) is 1. The van der Waals surface area contributed by atoms with Crippen LogP contribution in [-0.4, -0.2) is 16.8 Å². The zero-order valence-corrected chi connectivity index (χ0v) is 13.4. The number of aromatic nitrogens is 1. The zero-order valence-electron chi connectivity index (χ0n) is 13.4. The van der Waals surface area contributed by atoms with Gasteiger partial charge in [0.05, 0.1) is 5.92 Å². The van der Waals surface area contributed by atoms with E-state index in [0.717, 1.165) is 5.56 Å². The fourth-order valence-corrected chi connectivity index (χ4v) is 2.56. The molecular formula is C18H22N4O2. The molecule has 126 valence electrons. The minimum absolute atomic E-state index is 0.0939. The highest BCUT2D eigenvalue weighted by Gasteiger charge is 2.19. The average Bonchev–Trinajstić information content (AvgIpc) is 2.56. The van der Waals surface area contributed by atoms with Crippen molar-refractivity contribution in [2.45, 2.75) is 31.6 Å². The quantitative estimate of drug-likeness (QED) is 0.511. The molecule has 0 aliphatic rings. The van der Waals surface area contributed by atoms with E-state index in [1.165, 1.54) is 0 Å². The van der Waals surface area contributed by atoms with Crippen molar-refractivity contribution in [3.8, 4) is 0 Å². The van der Waals surface area contributed by atoms with Crippen LogP contribution in [0.3, 0.4) is 0 Å². The van der Waals surface area contributed by atoms with Gasteiger partial charge in [0.15, 0.2) is 0 Å². The van der Waals surface area contributed by atoms with Gasteiger partial charge in [0.1, 0.15) is 5.82 Å². The van der Waals surface area contributed by atoms with Crippen molar-refractivity contribution in [1.29, 1.82) is 0 Å². The Kier molecular flexibility index (Phi) is 6.31. The van der Waals surface area contributed by atoms with Gasteiger partial charge in [-0.15, -0.1) is 0 Å². The smallest absolute Gasteiger partial charge is 0.225 e. The van der Waals surface area contributed by atoms with Gasteiger partial charge in [-0.1, -0.05) is 30.7 Å². The third kappa shape index (κ3) is 5.08. The molecule has 24 heavy (non-hydrogen) atoms. The van der Waals surface area contributed by atoms with Crippen LogP contribution in [0.15, 0.2) is 48.7 Å². The highest BCUT2D eigenvalue weighted by molar-refractivity contribution is 5.89. The van der Waals surface area contributed by atoms with Crippen LogP contribution in [0.4, 0.5) is 11.5 Å². The molecule has 0 radical (unpaired) electrons. The number of amides is 2. The molecule has 0 saturated carbocycles. The monoisotopic (exact) mass is 326 g/mol. The lowest BCUT2D eigenvalue weighted by atomic mass is 9.91. The number of nitrogen functional groups attached to an aromatic ring is 1. The Balaban J connectivity index is 1.80. The largest absolute Gasteiger partial charge is 0.398 e. The van der Waals surface area contributed by atoms with Crippen molar-refractivity contribution in [3.63, 3.8) is 0 Å². The number of hydrogen-bond donors (Lipinski definition) is 3. The van der Waals surface area contributed by atoms with Crippen LogP contribution in [0.2, 0.25) is 0 Å². The molecule has 5 N–H and O–H groups in total. The van der Waals surface area contributed by atoms with Crippen LogP contribution in [0, 0.1) is 0 Å². The molecule has 1 atom stereocenters. The summed E-state index contributed by atoms with van der Waals surface area (Å²) in [5.41, 5.74) is 12.7. The van der Waals surface area contributed by atoms with E-state index in [1.807, 2.05) is 24.3 Å². The van der Waals surface area contributed by atoms with E-state index >= 15 is 0 Å². The van der Waals surface area contributed by atoms with Crippen molar-refractivity contribution in [2.24, 2.45) is 5.73 Å². The van der Waals surface area contributed by atoms with Crippen molar-refractivity contribution in [1.82, 2.24) is 4.98 Å². The number of rotatable bonds is 8. The van der Waals surface area contributed by atoms with E-state index in [2.05, 4.69) is 10.3 Å². The first kappa shape index (κ1) is 17.5. The van der Waals surface area contributed by atoms with Gasteiger partial charge in [-0.25, -0.2) is 4.98 Å². The lowest BCUT2D eigenvalue weighted by molar-refractivity contribution is -0.119. The second kappa shape index (κ2) is 8.67. The molecule has 1 aromatic carbocycles. The van der Waals surface area contributed by atoms with Crippen LogP contribution in [0.1, 0.15) is 37.2 Å². The predicted molar refractivity (Wildman–Crippen MR) is 94.1 cm³/mol. The summed E-state index contributed by atoms with van der Waals surface area (Å²) in [5.74, 6) is -0.381. The van der Waals surface area contributed by atoms with E-state index < -0.39 is 11.8 Å². The number of nitrogens with zero attached hydrogens (tertiary/aromatic N) is 1. The Hall–Kier alpha value is -2.89. The summed E-state index contributed by atoms with van der Waals surface area (Å²) < 4.78 is 0. The summed E-state index contributed by atoms with van der Waals surface area (Å²) in [6, 6.07) is 12.6. The number of pyridine rings is 1. The molecule has 6 nitrogen and oxygen atoms in total. The maximum Gasteiger partial charge on any atom is 0.225 e. The molecule has 2 rings (SSSR count). The average molecular weight is 326 g/mol. The zero-order chi connectivity index (χ0) is 17.4. The van der Waals surface area contributed by atoms with Crippen molar-refractivity contribution >= 4 is 23.3 Å². The van der Waals surface area contributed by atoms with Crippen LogP contribution >= 0.6 is 0 Å². The summed E-state index contributed by atoms with van der Waals surface area (Å²) in [5, 5.41) is 2.73. The van der Waals surface area contributed by atoms with Crippen LogP contribution in [0.5, 0.6) is 0 Å². The molecule has 1 aromatic heterocycles. The third-order valence-electron chi connectivity index (χ3n) is 3.79. The summed E-state index contributed by atoms with van der Waals surface area (Å²) in [6.45, 7) is 0. The van der Waals surface area contributed by atoms with Gasteiger partial charge in [0.25, 0.3) is 0 Å². The topological polar surface area (TPSA) is 111 Å². The molecule has 2 aromatic rings. The van der Waals surface area contributed by atoms with E-state index in [-0.39, 0.29) is 5.91 Å². The van der Waals surface area contributed by atoms with Gasteiger partial charge in [-0.05, 0) is 36.6 Å². The number of carbonyl (C=O) groups is 2. The molecule has 0 saturated heterocycles. The van der Waals surface area contributed by atoms with E-state index in [4.69, 9.17) is 11.5 Å². The standard InChI is InChI=1S/C18H22N4O2/c19-15-9-3-1-7-13(15)14(18(20)24)8-2-4-11-17(23)22-16-10-5-6-12-21-16/h1,3,5-7,9-10,12,14H,2,4,8,11,19H2,(H2,20,24)(H,21,22,23). The number of nitrogens with two attached hydrogens (primary N) is 2. The van der Waals surface area contributed by atoms with Crippen LogP contribution in [-0.2, 0) is 9.59 Å². The second-order valence-corrected chi connectivity index (χ2v) is 5.59. The van der Waals surface area contributed by atoms with Gasteiger partial charge >= 0.3 is 0 Å². The number of carbonyl (C=O) groups excluding carboxylic acids is 2. The fourth-order valence-electron chi connectivity index (χ4n) is 2.56. The van der Waals surface area contributed by atoms with Gasteiger partial charge < -0.3 is 16.8 Å². The molecule has 0 spiro atoms. The molecule has 2 amide bonds. The fraction of sp³-hybridized carbons (Fsp3) is 0.278. The number of nitrogens with one attached hydrogen (secondary N) is 1. The Morgan fingerprint density at radius 2 is 1.83 bits per heavy atom. The van der Waals surface area contributed by atoms with Crippen molar-refractivity contribution in [3.05, 3.63) is 54.2 Å². The van der Waals surface area contributed by atoms with Crippen LogP contribution < -0.4 is 16.8 Å². The van der Waals surface area contributed by atoms with E-state index in [1.54, 1.807) is 24.4 Å². The summed E-state index contributed by atoms with van der Waals surface area (Å²) in [4.78, 5) is 27.6. The number of benzene rings is 1. The summed E-state index contributed by atoms with van der Waals surface area (Å²) in [7, 11) is 0. The predicted octanol–water partition coefficient (Wildman–Crippen LogP) is 2.43. The SMILES string of the molecule is NC(=O)C(CCCCC(=O)Nc1ccccn1)c1ccccc1N. The number of para-hydroxylation sites is 1. The molecule has 0 aliphatic heterocycles. The Bertz CT molecular complexity index is 688. The van der Waals surface area contributed by atoms with E-state index in [0.29, 0.717) is 37.2 Å². The minimum Gasteiger partial charge on any atom is -0.398 e. The van der Waals surface area contributed by atoms with Gasteiger partial charge in [0.2, 0.25) is 11.8 Å². The lowest BCUT2D eigenvalue weighted by Crippen LogP contribution is -2.22. The second-order valence-electron chi connectivity index (χ2n) is 5.59. The minimum atomic E-state index is -0.426. The first-order chi connectivity index (χ1) is 11.6. The molecule has 0 fully saturated rings. The van der Waals surface area contributed by atoms with Gasteiger partial charge in [0, 0.05) is 18.3 Å². The Labute approximate surface area is 141 Å². The first-order valence-corrected chi connectivity index (χ1v) is 7.92. The molecule has 0 aliphatic carbocycles. The lowest BCUT2D eigenvalue weighted by Gasteiger charge is -2.15. The number of primary amides is 1. The summed E-state index contributed by atoms with van der Waals surface area (Å²) >= 11 is 0. The van der Waals surface area contributed by atoms with Crippen LogP contribution in [0.25, 0.3) is 0 Å². The van der Waals surface area contributed by atoms with Crippen molar-refractivity contribution in [2.75, 3.05) is 11.1 Å². The first-order valence-electron chi connectivity index (χ1n) is 7.92. The molecule has 1 heterocycles. The maximum atomic E-state index is 11.9. The number of hydrogen-bond acceptors (Lipinski definition) is 4. The number of anilines is 2. The Morgan fingerprint density at radius 1 is 1.08 bits per heavy atom. The molecular weight excluding hydrogens is 304 g/mol. The molecule has 0 bridgehead atoms. The maximum absolute atomic E-state index is 11.9. The van der Waals surface area contributed by atoms with Crippen molar-refractivity contribution < 1.29 is 9.59 Å².